The first kappa shape index (κ1) is 25.3. The summed E-state index contributed by atoms with van der Waals surface area (Å²) in [7, 11) is 3.88. The number of piperazine rings is 1. The number of hydrogen-bond donors (Lipinski definition) is 0. The first-order chi connectivity index (χ1) is 17.2. The highest BCUT2D eigenvalue weighted by atomic mass is 19.1. The standard InChI is InChI=1S/C26H30FN5O4/c1-18-5-10-22-21(17-18)23(24(32(35)36)26(34)31(22)12-4-11-28(2)3)29-13-15-30(16-14-29)25(33)19-6-8-20(27)9-7-19/h5-10,17H,4,11-16H2,1-3H3. The molecule has 0 radical (unpaired) electrons. The van der Waals surface area contributed by atoms with Crippen molar-refractivity contribution in [3.8, 4) is 0 Å². The van der Waals surface area contributed by atoms with Gasteiger partial charge in [-0.15, -0.1) is 0 Å². The normalized spacial score (nSPS) is 14.0. The van der Waals surface area contributed by atoms with Crippen molar-refractivity contribution < 1.29 is 14.1 Å². The van der Waals surface area contributed by atoms with Crippen LogP contribution in [0.4, 0.5) is 15.8 Å². The zero-order valence-electron chi connectivity index (χ0n) is 20.7. The minimum atomic E-state index is -0.616. The van der Waals surface area contributed by atoms with E-state index in [0.29, 0.717) is 61.3 Å². The first-order valence-electron chi connectivity index (χ1n) is 11.9. The maximum atomic E-state index is 13.4. The predicted molar refractivity (Wildman–Crippen MR) is 137 cm³/mol. The quantitative estimate of drug-likeness (QED) is 0.369. The summed E-state index contributed by atoms with van der Waals surface area (Å²) in [5, 5.41) is 12.9. The highest BCUT2D eigenvalue weighted by Gasteiger charge is 2.32. The van der Waals surface area contributed by atoms with Gasteiger partial charge in [0.2, 0.25) is 0 Å². The molecule has 0 atom stereocenters. The lowest BCUT2D eigenvalue weighted by Crippen LogP contribution is -2.49. The highest BCUT2D eigenvalue weighted by molar-refractivity contribution is 5.98. The van der Waals surface area contributed by atoms with Crippen molar-refractivity contribution in [1.29, 1.82) is 0 Å². The topological polar surface area (TPSA) is 91.9 Å². The molecule has 4 rings (SSSR count). The van der Waals surface area contributed by atoms with E-state index in [2.05, 4.69) is 0 Å². The van der Waals surface area contributed by atoms with Crippen LogP contribution in [-0.4, -0.2) is 72.0 Å². The number of carbonyl (C=O) groups excluding carboxylic acids is 1. The number of carbonyl (C=O) groups is 1. The minimum Gasteiger partial charge on any atom is -0.362 e. The fourth-order valence-corrected chi connectivity index (χ4v) is 4.70. The van der Waals surface area contributed by atoms with Gasteiger partial charge in [-0.25, -0.2) is 4.39 Å². The number of benzene rings is 2. The van der Waals surface area contributed by atoms with Crippen LogP contribution in [0.5, 0.6) is 0 Å². The molecule has 0 bridgehead atoms. The van der Waals surface area contributed by atoms with Crippen molar-refractivity contribution in [2.45, 2.75) is 19.9 Å². The van der Waals surface area contributed by atoms with E-state index < -0.39 is 22.0 Å². The van der Waals surface area contributed by atoms with Crippen LogP contribution in [0.2, 0.25) is 0 Å². The summed E-state index contributed by atoms with van der Waals surface area (Å²) in [6.07, 6.45) is 0.677. The molecule has 1 amide bonds. The van der Waals surface area contributed by atoms with E-state index in [9.17, 15) is 24.1 Å². The molecule has 2 aromatic carbocycles. The average Bonchev–Trinajstić information content (AvgIpc) is 2.84. The van der Waals surface area contributed by atoms with Gasteiger partial charge in [-0.1, -0.05) is 11.6 Å². The Bertz CT molecular complexity index is 1350. The highest BCUT2D eigenvalue weighted by Crippen LogP contribution is 2.35. The van der Waals surface area contributed by atoms with Gasteiger partial charge in [-0.3, -0.25) is 19.7 Å². The molecule has 1 aliphatic heterocycles. The molecule has 10 heteroatoms. The Hall–Kier alpha value is -3.79. The number of hydrogen-bond acceptors (Lipinski definition) is 6. The molecule has 3 aromatic rings. The van der Waals surface area contributed by atoms with Gasteiger partial charge in [0.05, 0.1) is 10.4 Å². The number of rotatable bonds is 7. The van der Waals surface area contributed by atoms with E-state index in [1.54, 1.807) is 4.90 Å². The fourth-order valence-electron chi connectivity index (χ4n) is 4.70. The Morgan fingerprint density at radius 1 is 1.08 bits per heavy atom. The predicted octanol–water partition coefficient (Wildman–Crippen LogP) is 3.27. The molecule has 0 saturated carbocycles. The molecule has 9 nitrogen and oxygen atoms in total. The van der Waals surface area contributed by atoms with Gasteiger partial charge in [0.15, 0.2) is 0 Å². The number of nitrogens with zero attached hydrogens (tertiary/aromatic N) is 5. The Morgan fingerprint density at radius 2 is 1.75 bits per heavy atom. The lowest BCUT2D eigenvalue weighted by molar-refractivity contribution is -0.385. The molecule has 1 aromatic heterocycles. The van der Waals surface area contributed by atoms with E-state index in [1.165, 1.54) is 28.8 Å². The molecular weight excluding hydrogens is 465 g/mol. The molecule has 2 heterocycles. The fraction of sp³-hybridized carbons (Fsp3) is 0.385. The number of aryl methyl sites for hydroxylation is 2. The Morgan fingerprint density at radius 3 is 2.36 bits per heavy atom. The van der Waals surface area contributed by atoms with Gasteiger partial charge >= 0.3 is 11.2 Å². The SMILES string of the molecule is Cc1ccc2c(c1)c(N1CCN(C(=O)c3ccc(F)cc3)CC1)c([N+](=O)[O-])c(=O)n2CCCN(C)C. The maximum absolute atomic E-state index is 13.4. The number of anilines is 1. The summed E-state index contributed by atoms with van der Waals surface area (Å²) in [5.41, 5.74) is 1.24. The summed E-state index contributed by atoms with van der Waals surface area (Å²) in [5.74, 6) is -0.636. The molecule has 190 valence electrons. The number of halogens is 1. The third-order valence-corrected chi connectivity index (χ3v) is 6.51. The summed E-state index contributed by atoms with van der Waals surface area (Å²) >= 11 is 0. The van der Waals surface area contributed by atoms with E-state index >= 15 is 0 Å². The largest absolute Gasteiger partial charge is 0.362 e. The van der Waals surface area contributed by atoms with Gasteiger partial charge in [0.25, 0.3) is 5.91 Å². The van der Waals surface area contributed by atoms with Crippen LogP contribution in [0, 0.1) is 22.9 Å². The zero-order chi connectivity index (χ0) is 26.0. The van der Waals surface area contributed by atoms with Crippen molar-refractivity contribution in [2.75, 3.05) is 51.7 Å². The third kappa shape index (κ3) is 5.08. The molecule has 0 aliphatic carbocycles. The van der Waals surface area contributed by atoms with Crippen molar-refractivity contribution >= 4 is 28.2 Å². The Labute approximate surface area is 208 Å². The average molecular weight is 496 g/mol. The van der Waals surface area contributed by atoms with Crippen molar-refractivity contribution in [2.24, 2.45) is 0 Å². The molecule has 1 aliphatic rings. The van der Waals surface area contributed by atoms with Gasteiger partial charge in [0.1, 0.15) is 11.5 Å². The van der Waals surface area contributed by atoms with E-state index in [-0.39, 0.29) is 5.91 Å². The van der Waals surface area contributed by atoms with Crippen molar-refractivity contribution in [3.05, 3.63) is 79.9 Å². The second-order valence-electron chi connectivity index (χ2n) is 9.37. The Balaban J connectivity index is 1.69. The van der Waals surface area contributed by atoms with Crippen LogP contribution in [0.25, 0.3) is 10.9 Å². The monoisotopic (exact) mass is 495 g/mol. The lowest BCUT2D eigenvalue weighted by Gasteiger charge is -2.36. The van der Waals surface area contributed by atoms with Crippen LogP contribution in [0.15, 0.2) is 47.3 Å². The first-order valence-corrected chi connectivity index (χ1v) is 11.9. The van der Waals surface area contributed by atoms with Gasteiger partial charge in [0, 0.05) is 43.7 Å². The molecule has 1 saturated heterocycles. The molecule has 36 heavy (non-hydrogen) atoms. The maximum Gasteiger partial charge on any atom is 0.357 e. The summed E-state index contributed by atoms with van der Waals surface area (Å²) in [6.45, 7) is 4.36. The van der Waals surface area contributed by atoms with E-state index in [4.69, 9.17) is 0 Å². The number of nitro groups is 1. The van der Waals surface area contributed by atoms with Crippen LogP contribution in [0.1, 0.15) is 22.3 Å². The number of fused-ring (bicyclic) bond motifs is 1. The molecule has 1 fully saturated rings. The smallest absolute Gasteiger partial charge is 0.357 e. The summed E-state index contributed by atoms with van der Waals surface area (Å²) in [6, 6.07) is 11.0. The summed E-state index contributed by atoms with van der Waals surface area (Å²) in [4.78, 5) is 43.4. The second-order valence-corrected chi connectivity index (χ2v) is 9.37. The van der Waals surface area contributed by atoms with Gasteiger partial charge in [-0.2, -0.15) is 0 Å². The molecule has 0 unspecified atom stereocenters. The van der Waals surface area contributed by atoms with Gasteiger partial charge in [-0.05, 0) is 70.4 Å². The molecule has 0 N–H and O–H groups in total. The minimum absolute atomic E-state index is 0.221. The van der Waals surface area contributed by atoms with E-state index in [0.717, 1.165) is 12.1 Å². The summed E-state index contributed by atoms with van der Waals surface area (Å²) < 4.78 is 14.7. The number of aromatic nitrogens is 1. The lowest BCUT2D eigenvalue weighted by atomic mass is 10.1. The molecule has 0 spiro atoms. The van der Waals surface area contributed by atoms with Crippen LogP contribution >= 0.6 is 0 Å². The third-order valence-electron chi connectivity index (χ3n) is 6.51. The van der Waals surface area contributed by atoms with Crippen LogP contribution in [0.3, 0.4) is 0 Å². The molecular formula is C26H30FN5O4. The Kier molecular flexibility index (Phi) is 7.35. The van der Waals surface area contributed by atoms with Crippen LogP contribution in [-0.2, 0) is 6.54 Å². The zero-order valence-corrected chi connectivity index (χ0v) is 20.7. The van der Waals surface area contributed by atoms with Gasteiger partial charge < -0.3 is 19.3 Å². The number of pyridine rings is 1. The van der Waals surface area contributed by atoms with E-state index in [1.807, 2.05) is 49.0 Å². The second kappa shape index (κ2) is 10.4. The number of amides is 1. The van der Waals surface area contributed by atoms with Crippen LogP contribution < -0.4 is 10.5 Å². The van der Waals surface area contributed by atoms with Crippen molar-refractivity contribution in [1.82, 2.24) is 14.4 Å². The van der Waals surface area contributed by atoms with Crippen molar-refractivity contribution in [3.63, 3.8) is 0 Å².